The van der Waals surface area contributed by atoms with Gasteiger partial charge in [0.1, 0.15) is 5.75 Å². The first-order valence-electron chi connectivity index (χ1n) is 9.10. The number of rotatable bonds is 9. The number of anilines is 1. The Balaban J connectivity index is 2.34. The van der Waals surface area contributed by atoms with E-state index in [-0.39, 0.29) is 17.4 Å². The number of hydrogen-bond donors (Lipinski definition) is 2. The van der Waals surface area contributed by atoms with Crippen molar-refractivity contribution in [1.29, 1.82) is 0 Å². The van der Waals surface area contributed by atoms with Gasteiger partial charge < -0.3 is 24.6 Å². The third-order valence-electron chi connectivity index (χ3n) is 3.64. The maximum absolute atomic E-state index is 12.7. The fourth-order valence-corrected chi connectivity index (χ4v) is 2.50. The van der Waals surface area contributed by atoms with Crippen LogP contribution in [0.1, 0.15) is 48.4 Å². The van der Waals surface area contributed by atoms with Crippen LogP contribution in [-0.2, 0) is 0 Å². The molecule has 0 spiro atoms. The Kier molecular flexibility index (Phi) is 7.26. The molecule has 0 aliphatic rings. The zero-order valence-electron chi connectivity index (χ0n) is 16.4. The summed E-state index contributed by atoms with van der Waals surface area (Å²) < 4.78 is 16.7. The number of hydrogen-bond acceptors (Lipinski definition) is 5. The Labute approximate surface area is 164 Å². The molecule has 1 amide bonds. The lowest BCUT2D eigenvalue weighted by molar-refractivity contribution is 0.0696. The van der Waals surface area contributed by atoms with Gasteiger partial charge in [-0.2, -0.15) is 0 Å². The first-order chi connectivity index (χ1) is 13.3. The van der Waals surface area contributed by atoms with Crippen molar-refractivity contribution >= 4 is 17.6 Å². The molecule has 0 bridgehead atoms. The van der Waals surface area contributed by atoms with E-state index in [1.54, 1.807) is 18.2 Å². The average molecular weight is 387 g/mol. The second-order valence-electron chi connectivity index (χ2n) is 6.16. The summed E-state index contributed by atoms with van der Waals surface area (Å²) in [6.07, 6.45) is -0.138. The van der Waals surface area contributed by atoms with Gasteiger partial charge in [-0.25, -0.2) is 4.79 Å². The average Bonchev–Trinajstić information content (AvgIpc) is 2.64. The number of amides is 1. The molecule has 2 aromatic rings. The van der Waals surface area contributed by atoms with E-state index < -0.39 is 11.9 Å². The van der Waals surface area contributed by atoms with Crippen LogP contribution < -0.4 is 19.5 Å². The Bertz CT molecular complexity index is 847. The van der Waals surface area contributed by atoms with Crippen molar-refractivity contribution in [2.75, 3.05) is 18.5 Å². The molecule has 0 atom stereocenters. The van der Waals surface area contributed by atoms with Crippen molar-refractivity contribution in [3.8, 4) is 17.2 Å². The Hall–Kier alpha value is -3.22. The number of nitrogens with one attached hydrogen (secondary N) is 1. The van der Waals surface area contributed by atoms with Crippen molar-refractivity contribution < 1.29 is 28.9 Å². The van der Waals surface area contributed by atoms with Gasteiger partial charge in [0.25, 0.3) is 5.91 Å². The topological polar surface area (TPSA) is 94.1 Å². The molecular weight excluding hydrogens is 362 g/mol. The highest BCUT2D eigenvalue weighted by molar-refractivity contribution is 6.06. The molecule has 2 rings (SSSR count). The van der Waals surface area contributed by atoms with Crippen LogP contribution >= 0.6 is 0 Å². The smallest absolute Gasteiger partial charge is 0.335 e. The molecule has 0 aliphatic carbocycles. The lowest BCUT2D eigenvalue weighted by atomic mass is 10.1. The zero-order chi connectivity index (χ0) is 20.7. The van der Waals surface area contributed by atoms with Gasteiger partial charge in [-0.15, -0.1) is 0 Å². The minimum absolute atomic E-state index is 0.0492. The molecule has 0 saturated carbocycles. The summed E-state index contributed by atoms with van der Waals surface area (Å²) in [6, 6.07) is 9.21. The molecule has 28 heavy (non-hydrogen) atoms. The summed E-state index contributed by atoms with van der Waals surface area (Å²) in [4.78, 5) is 24.0. The normalized spacial score (nSPS) is 10.5. The molecule has 0 fully saturated rings. The van der Waals surface area contributed by atoms with E-state index in [4.69, 9.17) is 14.2 Å². The summed E-state index contributed by atoms with van der Waals surface area (Å²) in [5.74, 6) is -0.0942. The maximum Gasteiger partial charge on any atom is 0.335 e. The summed E-state index contributed by atoms with van der Waals surface area (Å²) in [7, 11) is 0. The largest absolute Gasteiger partial charge is 0.490 e. The van der Waals surface area contributed by atoms with E-state index in [1.165, 1.54) is 18.2 Å². The van der Waals surface area contributed by atoms with Crippen LogP contribution in [0.15, 0.2) is 36.4 Å². The zero-order valence-corrected chi connectivity index (χ0v) is 16.4. The Morgan fingerprint density at radius 1 is 0.929 bits per heavy atom. The molecule has 2 N–H and O–H groups in total. The summed E-state index contributed by atoms with van der Waals surface area (Å²) >= 11 is 0. The van der Waals surface area contributed by atoms with E-state index in [2.05, 4.69) is 5.32 Å². The highest BCUT2D eigenvalue weighted by atomic mass is 16.5. The quantitative estimate of drug-likeness (QED) is 0.669. The number of carboxylic acids is 1. The van der Waals surface area contributed by atoms with Gasteiger partial charge in [-0.05, 0) is 64.1 Å². The van der Waals surface area contributed by atoms with Gasteiger partial charge in [0.15, 0.2) is 11.5 Å². The van der Waals surface area contributed by atoms with Crippen LogP contribution in [0.3, 0.4) is 0 Å². The highest BCUT2D eigenvalue weighted by Crippen LogP contribution is 2.31. The van der Waals surface area contributed by atoms with Crippen molar-refractivity contribution in [2.24, 2.45) is 0 Å². The van der Waals surface area contributed by atoms with Gasteiger partial charge in [0.2, 0.25) is 0 Å². The predicted molar refractivity (Wildman–Crippen MR) is 106 cm³/mol. The number of aromatic carboxylic acids is 1. The highest BCUT2D eigenvalue weighted by Gasteiger charge is 2.16. The third kappa shape index (κ3) is 5.39. The molecule has 7 nitrogen and oxygen atoms in total. The lowest BCUT2D eigenvalue weighted by Crippen LogP contribution is -2.15. The van der Waals surface area contributed by atoms with Crippen LogP contribution in [0.25, 0.3) is 0 Å². The Morgan fingerprint density at radius 2 is 1.54 bits per heavy atom. The van der Waals surface area contributed by atoms with Crippen molar-refractivity contribution in [1.82, 2.24) is 0 Å². The van der Waals surface area contributed by atoms with Crippen LogP contribution in [-0.4, -0.2) is 36.3 Å². The number of carboxylic acid groups (broad SMARTS) is 1. The fraction of sp³-hybridized carbons (Fsp3) is 0.333. The molecule has 0 heterocycles. The van der Waals surface area contributed by atoms with E-state index in [9.17, 15) is 14.7 Å². The number of carbonyl (C=O) groups is 2. The summed E-state index contributed by atoms with van der Waals surface area (Å²) in [5, 5.41) is 12.0. The number of benzene rings is 2. The molecular formula is C21H25NO6. The molecule has 0 saturated heterocycles. The van der Waals surface area contributed by atoms with E-state index in [0.717, 1.165) is 0 Å². The first-order valence-corrected chi connectivity index (χ1v) is 9.10. The molecule has 0 aromatic heterocycles. The molecule has 7 heteroatoms. The minimum Gasteiger partial charge on any atom is -0.490 e. The standard InChI is InChI=1S/C21H25NO6/c1-5-26-18-10-7-14(12-19(18)27-6-2)20(23)22-16-11-15(21(24)25)8-9-17(16)28-13(3)4/h7-13H,5-6H2,1-4H3,(H,22,23)(H,24,25). The number of carbonyl (C=O) groups excluding carboxylic acids is 1. The van der Waals surface area contributed by atoms with Crippen LogP contribution in [0.2, 0.25) is 0 Å². The van der Waals surface area contributed by atoms with Gasteiger partial charge >= 0.3 is 5.97 Å². The van der Waals surface area contributed by atoms with Gasteiger partial charge in [0.05, 0.1) is 30.6 Å². The third-order valence-corrected chi connectivity index (χ3v) is 3.64. The van der Waals surface area contributed by atoms with Crippen LogP contribution in [0.4, 0.5) is 5.69 Å². The van der Waals surface area contributed by atoms with Crippen LogP contribution in [0, 0.1) is 0 Å². The summed E-state index contributed by atoms with van der Waals surface area (Å²) in [6.45, 7) is 8.30. The second-order valence-corrected chi connectivity index (χ2v) is 6.16. The molecule has 2 aromatic carbocycles. The van der Waals surface area contributed by atoms with Gasteiger partial charge in [-0.3, -0.25) is 4.79 Å². The van der Waals surface area contributed by atoms with Crippen molar-refractivity contribution in [2.45, 2.75) is 33.8 Å². The number of ether oxygens (including phenoxy) is 3. The second kappa shape index (κ2) is 9.64. The molecule has 0 aliphatic heterocycles. The van der Waals surface area contributed by atoms with Crippen LogP contribution in [0.5, 0.6) is 17.2 Å². The SMILES string of the molecule is CCOc1ccc(C(=O)Nc2cc(C(=O)O)ccc2OC(C)C)cc1OCC. The molecule has 0 radical (unpaired) electrons. The van der Waals surface area contributed by atoms with E-state index >= 15 is 0 Å². The van der Waals surface area contributed by atoms with Gasteiger partial charge in [-0.1, -0.05) is 0 Å². The fourth-order valence-electron chi connectivity index (χ4n) is 2.50. The predicted octanol–water partition coefficient (Wildman–Crippen LogP) is 4.22. The maximum atomic E-state index is 12.7. The first kappa shape index (κ1) is 21.1. The summed E-state index contributed by atoms with van der Waals surface area (Å²) in [5.41, 5.74) is 0.682. The monoisotopic (exact) mass is 387 g/mol. The minimum atomic E-state index is -1.09. The van der Waals surface area contributed by atoms with E-state index in [0.29, 0.717) is 36.0 Å². The molecule has 0 unspecified atom stereocenters. The van der Waals surface area contributed by atoms with Crippen molar-refractivity contribution in [3.05, 3.63) is 47.5 Å². The van der Waals surface area contributed by atoms with Gasteiger partial charge in [0, 0.05) is 5.56 Å². The van der Waals surface area contributed by atoms with Crippen molar-refractivity contribution in [3.63, 3.8) is 0 Å². The van der Waals surface area contributed by atoms with E-state index in [1.807, 2.05) is 27.7 Å². The Morgan fingerprint density at radius 3 is 2.14 bits per heavy atom. The molecule has 150 valence electrons. The lowest BCUT2D eigenvalue weighted by Gasteiger charge is -2.16.